The van der Waals surface area contributed by atoms with Gasteiger partial charge in [-0.15, -0.1) is 0 Å². The molecule has 15 heavy (non-hydrogen) atoms. The van der Waals surface area contributed by atoms with Gasteiger partial charge < -0.3 is 5.73 Å². The number of rotatable bonds is 3. The fraction of sp³-hybridized carbons (Fsp3) is 1.00. The monoisotopic (exact) mass is 205 g/mol. The van der Waals surface area contributed by atoms with Crippen molar-refractivity contribution in [1.29, 1.82) is 0 Å². The SMILES string of the molecule is CC(N)CCC12CC3CC4(CC4C1)C3C2. The van der Waals surface area contributed by atoms with E-state index in [0.717, 1.165) is 22.7 Å². The molecule has 0 heterocycles. The van der Waals surface area contributed by atoms with E-state index in [9.17, 15) is 0 Å². The van der Waals surface area contributed by atoms with Crippen LogP contribution in [0.1, 0.15) is 51.9 Å². The van der Waals surface area contributed by atoms with Gasteiger partial charge in [-0.25, -0.2) is 0 Å². The van der Waals surface area contributed by atoms with Gasteiger partial charge in [0, 0.05) is 6.04 Å². The third-order valence-electron chi connectivity index (χ3n) is 6.39. The van der Waals surface area contributed by atoms with Crippen LogP contribution in [0.5, 0.6) is 0 Å². The van der Waals surface area contributed by atoms with Gasteiger partial charge in [0.05, 0.1) is 0 Å². The van der Waals surface area contributed by atoms with E-state index in [1.807, 2.05) is 0 Å². The van der Waals surface area contributed by atoms with Gasteiger partial charge in [-0.2, -0.15) is 0 Å². The zero-order valence-corrected chi connectivity index (χ0v) is 9.84. The predicted octanol–water partition coefficient (Wildman–Crippen LogP) is 2.94. The Hall–Kier alpha value is -0.0400. The molecule has 0 aliphatic heterocycles. The van der Waals surface area contributed by atoms with Gasteiger partial charge in [0.25, 0.3) is 0 Å². The average molecular weight is 205 g/mol. The smallest absolute Gasteiger partial charge is 0.00106 e. The van der Waals surface area contributed by atoms with E-state index >= 15 is 0 Å². The van der Waals surface area contributed by atoms with Crippen LogP contribution >= 0.6 is 0 Å². The van der Waals surface area contributed by atoms with Crippen LogP contribution in [-0.4, -0.2) is 6.04 Å². The summed E-state index contributed by atoms with van der Waals surface area (Å²) in [6.45, 7) is 2.17. The molecule has 4 saturated carbocycles. The van der Waals surface area contributed by atoms with Gasteiger partial charge in [-0.05, 0) is 80.5 Å². The summed E-state index contributed by atoms with van der Waals surface area (Å²) < 4.78 is 0. The van der Waals surface area contributed by atoms with Crippen molar-refractivity contribution in [3.63, 3.8) is 0 Å². The maximum atomic E-state index is 5.93. The lowest BCUT2D eigenvalue weighted by Crippen LogP contribution is -2.37. The predicted molar refractivity (Wildman–Crippen MR) is 61.3 cm³/mol. The molecule has 1 heteroatoms. The molecular weight excluding hydrogens is 182 g/mol. The Balaban J connectivity index is 1.54. The Bertz CT molecular complexity index is 306. The van der Waals surface area contributed by atoms with Crippen molar-refractivity contribution in [2.45, 2.75) is 57.9 Å². The minimum Gasteiger partial charge on any atom is -0.328 e. The number of hydrogen-bond donors (Lipinski definition) is 1. The number of fused-ring (bicyclic) bond motifs is 1. The average Bonchev–Trinajstić information content (AvgIpc) is 2.81. The van der Waals surface area contributed by atoms with Gasteiger partial charge in [0.15, 0.2) is 0 Å². The first-order valence-electron chi connectivity index (χ1n) is 6.89. The van der Waals surface area contributed by atoms with Crippen molar-refractivity contribution in [2.24, 2.45) is 34.3 Å². The molecule has 1 spiro atoms. The summed E-state index contributed by atoms with van der Waals surface area (Å²) in [6, 6.07) is 0.420. The summed E-state index contributed by atoms with van der Waals surface area (Å²) in [5.41, 5.74) is 7.62. The molecule has 6 atom stereocenters. The van der Waals surface area contributed by atoms with E-state index in [-0.39, 0.29) is 0 Å². The topological polar surface area (TPSA) is 26.0 Å². The van der Waals surface area contributed by atoms with Crippen LogP contribution in [0, 0.1) is 28.6 Å². The van der Waals surface area contributed by atoms with Crippen molar-refractivity contribution < 1.29 is 0 Å². The first kappa shape index (κ1) is 9.04. The molecule has 0 amide bonds. The highest BCUT2D eigenvalue weighted by molar-refractivity contribution is 5.24. The van der Waals surface area contributed by atoms with Crippen molar-refractivity contribution in [3.05, 3.63) is 0 Å². The second-order valence-electron chi connectivity index (χ2n) is 7.33. The van der Waals surface area contributed by atoms with Gasteiger partial charge in [0.2, 0.25) is 0 Å². The molecule has 2 N–H and O–H groups in total. The minimum atomic E-state index is 0.420. The molecule has 0 radical (unpaired) electrons. The highest BCUT2D eigenvalue weighted by atomic mass is 14.8. The molecule has 6 unspecified atom stereocenters. The molecule has 4 fully saturated rings. The van der Waals surface area contributed by atoms with E-state index in [1.54, 1.807) is 32.1 Å². The second kappa shape index (κ2) is 2.45. The van der Waals surface area contributed by atoms with E-state index in [1.165, 1.54) is 18.8 Å². The van der Waals surface area contributed by atoms with Crippen molar-refractivity contribution in [2.75, 3.05) is 0 Å². The van der Waals surface area contributed by atoms with Crippen LogP contribution in [0.15, 0.2) is 0 Å². The molecule has 2 bridgehead atoms. The largest absolute Gasteiger partial charge is 0.328 e. The lowest BCUT2D eigenvalue weighted by molar-refractivity contribution is 0.0432. The van der Waals surface area contributed by atoms with Gasteiger partial charge in [-0.1, -0.05) is 0 Å². The molecule has 4 aliphatic rings. The maximum absolute atomic E-state index is 5.93. The quantitative estimate of drug-likeness (QED) is 0.753. The lowest BCUT2D eigenvalue weighted by Gasteiger charge is -2.44. The summed E-state index contributed by atoms with van der Waals surface area (Å²) in [7, 11) is 0. The van der Waals surface area contributed by atoms with Crippen molar-refractivity contribution in [3.8, 4) is 0 Å². The van der Waals surface area contributed by atoms with Crippen LogP contribution in [-0.2, 0) is 0 Å². The molecule has 0 saturated heterocycles. The molecule has 4 aliphatic carbocycles. The summed E-state index contributed by atoms with van der Waals surface area (Å²) in [5.74, 6) is 3.47. The highest BCUT2D eigenvalue weighted by Gasteiger charge is 2.75. The number of hydrogen-bond acceptors (Lipinski definition) is 1. The zero-order valence-electron chi connectivity index (χ0n) is 9.84. The standard InChI is InChI=1S/C14H23N/c1-9(15)2-3-13-4-10-5-14(12(10)8-13)7-11(14)6-13/h9-12H,2-8,15H2,1H3. The van der Waals surface area contributed by atoms with Crippen LogP contribution in [0.2, 0.25) is 0 Å². The Morgan fingerprint density at radius 2 is 2.07 bits per heavy atom. The molecular formula is C14H23N. The van der Waals surface area contributed by atoms with Gasteiger partial charge >= 0.3 is 0 Å². The normalized spacial score (nSPS) is 60.8. The summed E-state index contributed by atoms with van der Waals surface area (Å²) in [6.07, 6.45) is 10.6. The van der Waals surface area contributed by atoms with Crippen LogP contribution in [0.3, 0.4) is 0 Å². The fourth-order valence-corrected chi connectivity index (χ4v) is 5.69. The minimum absolute atomic E-state index is 0.420. The van der Waals surface area contributed by atoms with Gasteiger partial charge in [-0.3, -0.25) is 0 Å². The summed E-state index contributed by atoms with van der Waals surface area (Å²) in [5, 5.41) is 0. The molecule has 0 aromatic heterocycles. The van der Waals surface area contributed by atoms with Crippen LogP contribution in [0.4, 0.5) is 0 Å². The van der Waals surface area contributed by atoms with E-state index in [0.29, 0.717) is 6.04 Å². The molecule has 1 nitrogen and oxygen atoms in total. The van der Waals surface area contributed by atoms with E-state index in [4.69, 9.17) is 5.73 Å². The van der Waals surface area contributed by atoms with Crippen LogP contribution < -0.4 is 5.73 Å². The summed E-state index contributed by atoms with van der Waals surface area (Å²) >= 11 is 0. The van der Waals surface area contributed by atoms with Crippen LogP contribution in [0.25, 0.3) is 0 Å². The van der Waals surface area contributed by atoms with Crippen molar-refractivity contribution >= 4 is 0 Å². The lowest BCUT2D eigenvalue weighted by atomic mass is 9.60. The first-order chi connectivity index (χ1) is 7.14. The second-order valence-corrected chi connectivity index (χ2v) is 7.33. The Kier molecular flexibility index (Phi) is 1.47. The third kappa shape index (κ3) is 0.988. The zero-order chi connectivity index (χ0) is 10.3. The molecule has 0 aromatic carbocycles. The van der Waals surface area contributed by atoms with Crippen molar-refractivity contribution in [1.82, 2.24) is 0 Å². The Labute approximate surface area is 92.8 Å². The van der Waals surface area contributed by atoms with E-state index < -0.39 is 0 Å². The Morgan fingerprint density at radius 3 is 2.87 bits per heavy atom. The maximum Gasteiger partial charge on any atom is 0.00106 e. The third-order valence-corrected chi connectivity index (χ3v) is 6.39. The fourth-order valence-electron chi connectivity index (χ4n) is 5.69. The van der Waals surface area contributed by atoms with Gasteiger partial charge in [0.1, 0.15) is 0 Å². The highest BCUT2D eigenvalue weighted by Crippen LogP contribution is 2.84. The molecule has 84 valence electrons. The Morgan fingerprint density at radius 1 is 1.20 bits per heavy atom. The van der Waals surface area contributed by atoms with E-state index in [2.05, 4.69) is 6.92 Å². The molecule has 0 aromatic rings. The first-order valence-corrected chi connectivity index (χ1v) is 6.89. The summed E-state index contributed by atoms with van der Waals surface area (Å²) in [4.78, 5) is 0. The number of nitrogens with two attached hydrogens (primary N) is 1. The molecule has 4 rings (SSSR count).